The summed E-state index contributed by atoms with van der Waals surface area (Å²) in [6, 6.07) is 0. The number of oxazole rings is 1. The van der Waals surface area contributed by atoms with Crippen LogP contribution >= 0.6 is 0 Å². The highest BCUT2D eigenvalue weighted by atomic mass is 16.5. The van der Waals surface area contributed by atoms with Gasteiger partial charge in [-0.1, -0.05) is 27.7 Å². The van der Waals surface area contributed by atoms with E-state index in [4.69, 9.17) is 9.15 Å². The molecule has 1 unspecified atom stereocenters. The summed E-state index contributed by atoms with van der Waals surface area (Å²) < 4.78 is 10.4. The van der Waals surface area contributed by atoms with Gasteiger partial charge in [-0.05, 0) is 18.8 Å². The van der Waals surface area contributed by atoms with Gasteiger partial charge in [0.15, 0.2) is 5.89 Å². The van der Waals surface area contributed by atoms with Crippen LogP contribution in [0.3, 0.4) is 0 Å². The van der Waals surface area contributed by atoms with E-state index in [0.29, 0.717) is 17.5 Å². The molecule has 1 saturated carbocycles. The van der Waals surface area contributed by atoms with Crippen LogP contribution in [-0.4, -0.2) is 18.1 Å². The minimum Gasteiger partial charge on any atom is -0.463 e. The van der Waals surface area contributed by atoms with E-state index < -0.39 is 5.97 Å². The fourth-order valence-electron chi connectivity index (χ4n) is 2.07. The van der Waals surface area contributed by atoms with E-state index in [9.17, 15) is 4.79 Å². The SMILES string of the molecule is COC(=O)c1oc(C(C)C2CC2)nc1C(C)(C)C. The number of carbonyl (C=O) groups excluding carboxylic acids is 1. The third-order valence-electron chi connectivity index (χ3n) is 3.44. The Labute approximate surface area is 108 Å². The Hall–Kier alpha value is -1.32. The molecule has 0 spiro atoms. The zero-order chi connectivity index (χ0) is 13.5. The topological polar surface area (TPSA) is 52.3 Å². The molecule has 1 aliphatic rings. The second kappa shape index (κ2) is 4.41. The first-order valence-electron chi connectivity index (χ1n) is 6.44. The van der Waals surface area contributed by atoms with Crippen LogP contribution in [-0.2, 0) is 10.2 Å². The van der Waals surface area contributed by atoms with E-state index in [1.165, 1.54) is 20.0 Å². The van der Waals surface area contributed by atoms with Crippen LogP contribution in [0.15, 0.2) is 4.42 Å². The number of ether oxygens (including phenoxy) is 1. The van der Waals surface area contributed by atoms with Gasteiger partial charge < -0.3 is 9.15 Å². The summed E-state index contributed by atoms with van der Waals surface area (Å²) in [7, 11) is 1.36. The third kappa shape index (κ3) is 2.42. The van der Waals surface area contributed by atoms with Crippen LogP contribution in [0.25, 0.3) is 0 Å². The fraction of sp³-hybridized carbons (Fsp3) is 0.714. The normalized spacial score (nSPS) is 17.6. The van der Waals surface area contributed by atoms with E-state index in [2.05, 4.69) is 11.9 Å². The van der Waals surface area contributed by atoms with Crippen LogP contribution in [0.5, 0.6) is 0 Å². The van der Waals surface area contributed by atoms with Crippen molar-refractivity contribution in [2.75, 3.05) is 7.11 Å². The van der Waals surface area contributed by atoms with E-state index in [1.807, 2.05) is 20.8 Å². The lowest BCUT2D eigenvalue weighted by Crippen LogP contribution is -2.17. The maximum atomic E-state index is 11.7. The quantitative estimate of drug-likeness (QED) is 0.774. The zero-order valence-electron chi connectivity index (χ0n) is 11.7. The molecule has 0 amide bonds. The van der Waals surface area contributed by atoms with Crippen molar-refractivity contribution in [2.24, 2.45) is 5.92 Å². The second-order valence-electron chi connectivity index (χ2n) is 6.10. The Morgan fingerprint density at radius 1 is 1.44 bits per heavy atom. The molecule has 1 aromatic heterocycles. The Balaban J connectivity index is 2.40. The van der Waals surface area contributed by atoms with Crippen LogP contribution in [0.2, 0.25) is 0 Å². The van der Waals surface area contributed by atoms with Gasteiger partial charge >= 0.3 is 5.97 Å². The van der Waals surface area contributed by atoms with Crippen molar-refractivity contribution < 1.29 is 13.9 Å². The molecular formula is C14H21NO3. The second-order valence-corrected chi connectivity index (χ2v) is 6.10. The number of nitrogens with zero attached hydrogens (tertiary/aromatic N) is 1. The molecule has 0 radical (unpaired) electrons. The van der Waals surface area contributed by atoms with Gasteiger partial charge in [-0.15, -0.1) is 0 Å². The highest BCUT2D eigenvalue weighted by Crippen LogP contribution is 2.43. The van der Waals surface area contributed by atoms with Gasteiger partial charge in [0, 0.05) is 11.3 Å². The van der Waals surface area contributed by atoms with Crippen molar-refractivity contribution in [3.8, 4) is 0 Å². The summed E-state index contributed by atoms with van der Waals surface area (Å²) >= 11 is 0. The first kappa shape index (κ1) is 13.1. The van der Waals surface area contributed by atoms with Crippen molar-refractivity contribution in [1.82, 2.24) is 4.98 Å². The lowest BCUT2D eigenvalue weighted by molar-refractivity contribution is 0.0558. The van der Waals surface area contributed by atoms with Gasteiger partial charge in [-0.25, -0.2) is 9.78 Å². The average Bonchev–Trinajstić information content (AvgIpc) is 3.03. The number of carbonyl (C=O) groups is 1. The molecule has 0 aromatic carbocycles. The van der Waals surface area contributed by atoms with Crippen LogP contribution in [0.1, 0.15) is 68.6 Å². The van der Waals surface area contributed by atoms with E-state index in [1.54, 1.807) is 0 Å². The van der Waals surface area contributed by atoms with Crippen LogP contribution in [0.4, 0.5) is 0 Å². The lowest BCUT2D eigenvalue weighted by atomic mass is 9.91. The molecule has 1 aromatic rings. The lowest BCUT2D eigenvalue weighted by Gasteiger charge is -2.15. The van der Waals surface area contributed by atoms with E-state index in [0.717, 1.165) is 0 Å². The van der Waals surface area contributed by atoms with E-state index >= 15 is 0 Å². The number of hydrogen-bond acceptors (Lipinski definition) is 4. The number of esters is 1. The molecule has 0 bridgehead atoms. The van der Waals surface area contributed by atoms with Crippen molar-refractivity contribution in [3.63, 3.8) is 0 Å². The summed E-state index contributed by atoms with van der Waals surface area (Å²) in [6.07, 6.45) is 2.45. The number of methoxy groups -OCH3 is 1. The maximum absolute atomic E-state index is 11.7. The molecule has 2 rings (SSSR count). The summed E-state index contributed by atoms with van der Waals surface area (Å²) in [6.45, 7) is 8.16. The van der Waals surface area contributed by atoms with Crippen molar-refractivity contribution in [3.05, 3.63) is 17.3 Å². The van der Waals surface area contributed by atoms with Gasteiger partial charge in [0.2, 0.25) is 5.76 Å². The minimum atomic E-state index is -0.443. The molecule has 4 heteroatoms. The molecule has 100 valence electrons. The predicted molar refractivity (Wildman–Crippen MR) is 67.7 cm³/mol. The maximum Gasteiger partial charge on any atom is 0.376 e. The van der Waals surface area contributed by atoms with Gasteiger partial charge in [-0.3, -0.25) is 0 Å². The van der Waals surface area contributed by atoms with Crippen molar-refractivity contribution in [1.29, 1.82) is 0 Å². The summed E-state index contributed by atoms with van der Waals surface area (Å²) in [5.74, 6) is 1.42. The van der Waals surface area contributed by atoms with Crippen LogP contribution < -0.4 is 0 Å². The predicted octanol–water partition coefficient (Wildman–Crippen LogP) is 3.27. The first-order valence-corrected chi connectivity index (χ1v) is 6.44. The highest BCUT2D eigenvalue weighted by molar-refractivity contribution is 5.87. The molecule has 0 saturated heterocycles. The van der Waals surface area contributed by atoms with E-state index in [-0.39, 0.29) is 17.1 Å². The molecule has 4 nitrogen and oxygen atoms in total. The van der Waals surface area contributed by atoms with Gasteiger partial charge in [0.25, 0.3) is 0 Å². The minimum absolute atomic E-state index is 0.228. The summed E-state index contributed by atoms with van der Waals surface area (Å²) in [4.78, 5) is 16.3. The van der Waals surface area contributed by atoms with Gasteiger partial charge in [0.1, 0.15) is 0 Å². The Morgan fingerprint density at radius 2 is 2.06 bits per heavy atom. The molecule has 0 aliphatic heterocycles. The smallest absolute Gasteiger partial charge is 0.376 e. The van der Waals surface area contributed by atoms with Crippen molar-refractivity contribution >= 4 is 5.97 Å². The van der Waals surface area contributed by atoms with Gasteiger partial charge in [-0.2, -0.15) is 0 Å². The summed E-state index contributed by atoms with van der Waals surface area (Å²) in [5, 5.41) is 0. The van der Waals surface area contributed by atoms with Crippen molar-refractivity contribution in [2.45, 2.75) is 51.9 Å². The van der Waals surface area contributed by atoms with Crippen LogP contribution in [0, 0.1) is 5.92 Å². The third-order valence-corrected chi connectivity index (χ3v) is 3.44. The Kier molecular flexibility index (Phi) is 3.21. The summed E-state index contributed by atoms with van der Waals surface area (Å²) in [5.41, 5.74) is 0.464. The molecule has 1 fully saturated rings. The Morgan fingerprint density at radius 3 is 2.50 bits per heavy atom. The average molecular weight is 251 g/mol. The standard InChI is InChI=1S/C14H21NO3/c1-8(9-6-7-9)12-15-11(14(2,3)4)10(18-12)13(16)17-5/h8-9H,6-7H2,1-5H3. The molecule has 0 N–H and O–H groups in total. The zero-order valence-corrected chi connectivity index (χ0v) is 11.7. The molecule has 1 atom stereocenters. The molecular weight excluding hydrogens is 230 g/mol. The van der Waals surface area contributed by atoms with Gasteiger partial charge in [0.05, 0.1) is 12.8 Å². The highest BCUT2D eigenvalue weighted by Gasteiger charge is 2.36. The number of aromatic nitrogens is 1. The monoisotopic (exact) mass is 251 g/mol. The molecule has 1 aliphatic carbocycles. The number of rotatable bonds is 3. The molecule has 1 heterocycles. The Bertz CT molecular complexity index is 452. The first-order chi connectivity index (χ1) is 8.34. The largest absolute Gasteiger partial charge is 0.463 e. The fourth-order valence-corrected chi connectivity index (χ4v) is 2.07. The number of hydrogen-bond donors (Lipinski definition) is 0. The molecule has 18 heavy (non-hydrogen) atoms.